The lowest BCUT2D eigenvalue weighted by molar-refractivity contribution is 0.1000. The summed E-state index contributed by atoms with van der Waals surface area (Å²) in [5, 5.41) is 12.9. The van der Waals surface area contributed by atoms with Crippen LogP contribution in [0.4, 0.5) is 0 Å². The van der Waals surface area contributed by atoms with Crippen LogP contribution in [0, 0.1) is 0 Å². The van der Waals surface area contributed by atoms with Gasteiger partial charge in [0.1, 0.15) is 5.82 Å². The number of piperidine rings is 1. The highest BCUT2D eigenvalue weighted by Gasteiger charge is 2.19. The zero-order valence-electron chi connectivity index (χ0n) is 17.2. The maximum atomic E-state index is 11.5. The van der Waals surface area contributed by atoms with Gasteiger partial charge in [-0.05, 0) is 56.7 Å². The molecule has 1 fully saturated rings. The molecule has 4 heterocycles. The van der Waals surface area contributed by atoms with Crippen LogP contribution < -0.4 is 5.73 Å². The van der Waals surface area contributed by atoms with Crippen molar-refractivity contribution in [2.45, 2.75) is 25.3 Å². The number of carbonyl (C=O) groups is 1. The van der Waals surface area contributed by atoms with Crippen molar-refractivity contribution in [3.63, 3.8) is 0 Å². The molecule has 1 saturated heterocycles. The number of nitrogens with zero attached hydrogens (tertiary/aromatic N) is 8. The van der Waals surface area contributed by atoms with E-state index in [2.05, 4.69) is 48.2 Å². The number of fused-ring (bicyclic) bond motifs is 1. The third-order valence-electron chi connectivity index (χ3n) is 5.70. The molecule has 10 nitrogen and oxygen atoms in total. The minimum atomic E-state index is -0.497. The molecule has 0 bridgehead atoms. The second kappa shape index (κ2) is 7.88. The third kappa shape index (κ3) is 3.89. The first-order valence-electron chi connectivity index (χ1n) is 10.3. The Morgan fingerprint density at radius 1 is 1.23 bits per heavy atom. The fraction of sp³-hybridized carbons (Fsp3) is 0.333. The van der Waals surface area contributed by atoms with Crippen LogP contribution in [0.25, 0.3) is 16.9 Å². The zero-order chi connectivity index (χ0) is 21.4. The quantitative estimate of drug-likeness (QED) is 0.520. The number of hydrogen-bond donors (Lipinski definition) is 1. The molecule has 0 unspecified atom stereocenters. The Morgan fingerprint density at radius 2 is 2.06 bits per heavy atom. The van der Waals surface area contributed by atoms with Gasteiger partial charge in [-0.3, -0.25) is 9.48 Å². The van der Waals surface area contributed by atoms with Crippen LogP contribution in [-0.4, -0.2) is 65.7 Å². The second-order valence-electron chi connectivity index (χ2n) is 7.95. The van der Waals surface area contributed by atoms with Gasteiger partial charge in [0.05, 0.1) is 24.1 Å². The third-order valence-corrected chi connectivity index (χ3v) is 5.70. The van der Waals surface area contributed by atoms with E-state index >= 15 is 0 Å². The SMILES string of the molecule is CN1CCC(n2cc(Cc3ncc4nnn(-c5cccc(C(N)=O)c5)c4n3)cn2)CC1. The van der Waals surface area contributed by atoms with E-state index in [1.165, 1.54) is 0 Å². The zero-order valence-corrected chi connectivity index (χ0v) is 17.2. The Kier molecular flexibility index (Phi) is 4.91. The standard InChI is InChI=1S/C21H23N9O/c1-28-7-5-16(6-8-28)29-13-14(11-24-29)9-19-23-12-18-21(25-19)30(27-26-18)17-4-2-3-15(10-17)20(22)31/h2-4,10-13,16H,5-9H2,1H3,(H2,22,31). The van der Waals surface area contributed by atoms with E-state index in [9.17, 15) is 4.79 Å². The number of primary amides is 1. The first kappa shape index (κ1) is 19.3. The van der Waals surface area contributed by atoms with Gasteiger partial charge in [0.15, 0.2) is 11.2 Å². The van der Waals surface area contributed by atoms with Crippen molar-refractivity contribution in [3.8, 4) is 5.69 Å². The maximum Gasteiger partial charge on any atom is 0.248 e. The van der Waals surface area contributed by atoms with Crippen LogP contribution in [0.3, 0.4) is 0 Å². The van der Waals surface area contributed by atoms with E-state index in [1.54, 1.807) is 29.1 Å². The Bertz CT molecular complexity index is 1240. The average molecular weight is 417 g/mol. The van der Waals surface area contributed by atoms with Crippen LogP contribution >= 0.6 is 0 Å². The number of likely N-dealkylation sites (tertiary alicyclic amines) is 1. The number of rotatable bonds is 5. The molecule has 2 N–H and O–H groups in total. The lowest BCUT2D eigenvalue weighted by Crippen LogP contribution is -2.31. The first-order valence-corrected chi connectivity index (χ1v) is 10.3. The highest BCUT2D eigenvalue weighted by molar-refractivity contribution is 5.93. The van der Waals surface area contributed by atoms with E-state index in [0.29, 0.717) is 40.7 Å². The van der Waals surface area contributed by atoms with Crippen molar-refractivity contribution in [1.82, 2.24) is 39.6 Å². The fourth-order valence-corrected chi connectivity index (χ4v) is 3.92. The Morgan fingerprint density at radius 3 is 2.87 bits per heavy atom. The van der Waals surface area contributed by atoms with Crippen molar-refractivity contribution in [2.24, 2.45) is 5.73 Å². The van der Waals surface area contributed by atoms with Crippen LogP contribution in [-0.2, 0) is 6.42 Å². The van der Waals surface area contributed by atoms with Gasteiger partial charge in [-0.25, -0.2) is 9.97 Å². The normalized spacial score (nSPS) is 15.5. The van der Waals surface area contributed by atoms with Crippen molar-refractivity contribution in [2.75, 3.05) is 20.1 Å². The number of nitrogens with two attached hydrogens (primary N) is 1. The maximum absolute atomic E-state index is 11.5. The predicted octanol–water partition coefficient (Wildman–Crippen LogP) is 1.36. The molecule has 1 aromatic carbocycles. The molecule has 1 aliphatic heterocycles. The van der Waals surface area contributed by atoms with E-state index < -0.39 is 5.91 Å². The number of aromatic nitrogens is 7. The molecule has 1 aliphatic rings. The molecule has 158 valence electrons. The molecule has 1 amide bonds. The molecule has 0 radical (unpaired) electrons. The molecule has 4 aromatic rings. The average Bonchev–Trinajstić information content (AvgIpc) is 3.41. The van der Waals surface area contributed by atoms with Crippen LogP contribution in [0.1, 0.15) is 40.6 Å². The molecular formula is C21H23N9O. The molecule has 0 aliphatic carbocycles. The molecule has 5 rings (SSSR count). The summed E-state index contributed by atoms with van der Waals surface area (Å²) in [7, 11) is 2.15. The molecule has 3 aromatic heterocycles. The Hall–Kier alpha value is -3.66. The van der Waals surface area contributed by atoms with Gasteiger partial charge in [0, 0.05) is 18.2 Å². The Balaban J connectivity index is 1.40. The van der Waals surface area contributed by atoms with Gasteiger partial charge < -0.3 is 10.6 Å². The van der Waals surface area contributed by atoms with Gasteiger partial charge in [-0.1, -0.05) is 11.3 Å². The molecule has 10 heteroatoms. The van der Waals surface area contributed by atoms with Gasteiger partial charge in [0.2, 0.25) is 5.91 Å². The van der Waals surface area contributed by atoms with Gasteiger partial charge in [0.25, 0.3) is 0 Å². The highest BCUT2D eigenvalue weighted by Crippen LogP contribution is 2.22. The van der Waals surface area contributed by atoms with E-state index in [0.717, 1.165) is 31.5 Å². The van der Waals surface area contributed by atoms with Crippen molar-refractivity contribution in [1.29, 1.82) is 0 Å². The summed E-state index contributed by atoms with van der Waals surface area (Å²) in [6, 6.07) is 7.35. The second-order valence-corrected chi connectivity index (χ2v) is 7.95. The van der Waals surface area contributed by atoms with Crippen molar-refractivity contribution >= 4 is 17.1 Å². The van der Waals surface area contributed by atoms with Crippen molar-refractivity contribution in [3.05, 3.63) is 59.8 Å². The minimum absolute atomic E-state index is 0.400. The minimum Gasteiger partial charge on any atom is -0.366 e. The van der Waals surface area contributed by atoms with Gasteiger partial charge >= 0.3 is 0 Å². The number of hydrogen-bond acceptors (Lipinski definition) is 7. The summed E-state index contributed by atoms with van der Waals surface area (Å²) in [4.78, 5) is 23.0. The number of benzene rings is 1. The topological polar surface area (TPSA) is 121 Å². The summed E-state index contributed by atoms with van der Waals surface area (Å²) in [6.07, 6.45) is 8.42. The largest absolute Gasteiger partial charge is 0.366 e. The number of carbonyl (C=O) groups excluding carboxylic acids is 1. The van der Waals surface area contributed by atoms with Crippen LogP contribution in [0.2, 0.25) is 0 Å². The summed E-state index contributed by atoms with van der Waals surface area (Å²) in [6.45, 7) is 2.18. The van der Waals surface area contributed by atoms with Gasteiger partial charge in [-0.15, -0.1) is 5.10 Å². The molecule has 0 atom stereocenters. The highest BCUT2D eigenvalue weighted by atomic mass is 16.1. The van der Waals surface area contributed by atoms with E-state index in [4.69, 9.17) is 5.73 Å². The first-order chi connectivity index (χ1) is 15.1. The lowest BCUT2D eigenvalue weighted by atomic mass is 10.1. The summed E-state index contributed by atoms with van der Waals surface area (Å²) in [5.41, 5.74) is 8.69. The van der Waals surface area contributed by atoms with Crippen LogP contribution in [0.15, 0.2) is 42.9 Å². The molecular weight excluding hydrogens is 394 g/mol. The summed E-state index contributed by atoms with van der Waals surface area (Å²) < 4.78 is 3.66. The van der Waals surface area contributed by atoms with Crippen LogP contribution in [0.5, 0.6) is 0 Å². The van der Waals surface area contributed by atoms with Gasteiger partial charge in [-0.2, -0.15) is 9.78 Å². The Labute approximate surface area is 178 Å². The summed E-state index contributed by atoms with van der Waals surface area (Å²) in [5.74, 6) is 0.160. The number of amides is 1. The van der Waals surface area contributed by atoms with E-state index in [1.807, 2.05) is 12.3 Å². The molecule has 0 spiro atoms. The summed E-state index contributed by atoms with van der Waals surface area (Å²) >= 11 is 0. The fourth-order valence-electron chi connectivity index (χ4n) is 3.92. The van der Waals surface area contributed by atoms with E-state index in [-0.39, 0.29) is 0 Å². The predicted molar refractivity (Wildman–Crippen MR) is 114 cm³/mol. The van der Waals surface area contributed by atoms with Crippen molar-refractivity contribution < 1.29 is 4.79 Å². The molecule has 0 saturated carbocycles. The molecule has 31 heavy (non-hydrogen) atoms. The lowest BCUT2D eigenvalue weighted by Gasteiger charge is -2.28. The monoisotopic (exact) mass is 417 g/mol. The smallest absolute Gasteiger partial charge is 0.248 e.